The Morgan fingerprint density at radius 3 is 2.62 bits per heavy atom. The molecule has 0 aliphatic rings. The minimum absolute atomic E-state index is 0.253. The molecule has 0 bridgehead atoms. The Kier molecular flexibility index (Phi) is 6.08. The van der Waals surface area contributed by atoms with Crippen molar-refractivity contribution < 1.29 is 8.81 Å². The lowest BCUT2D eigenvalue weighted by atomic mass is 9.99. The summed E-state index contributed by atoms with van der Waals surface area (Å²) < 4.78 is 24.2. The standard InChI is InChI=1S/C32H24FN7O2/c1-19(30-26(21-10-7-11-23(33)14-21)29(41)24-12-5-6-13-25(24)42-30)40-32-27(31(34)35-18-36-32)28(38-40)22-15-37-39(17-22)16-20-8-3-2-4-9-20/h2-15,17-19H,16H2,1H3,(H2,34,35,36). The molecule has 0 saturated carbocycles. The maximum atomic E-state index is 14.3. The lowest BCUT2D eigenvalue weighted by Gasteiger charge is -2.17. The Balaban J connectivity index is 1.40. The van der Waals surface area contributed by atoms with Crippen LogP contribution in [0.2, 0.25) is 0 Å². The van der Waals surface area contributed by atoms with Crippen LogP contribution in [0.5, 0.6) is 0 Å². The minimum atomic E-state index is -0.634. The Labute approximate surface area is 238 Å². The average Bonchev–Trinajstić information content (AvgIpc) is 3.63. The number of nitrogens with two attached hydrogens (primary N) is 1. The predicted molar refractivity (Wildman–Crippen MR) is 158 cm³/mol. The molecule has 0 amide bonds. The number of nitrogens with zero attached hydrogens (tertiary/aromatic N) is 6. The van der Waals surface area contributed by atoms with E-state index in [1.807, 2.05) is 48.1 Å². The fraction of sp³-hybridized carbons (Fsp3) is 0.0938. The SMILES string of the molecule is CC(c1oc2ccccc2c(=O)c1-c1cccc(F)c1)n1nc(-c2cnn(Cc3ccccc3)c2)c2c(N)ncnc21. The summed E-state index contributed by atoms with van der Waals surface area (Å²) in [6, 6.07) is 22.3. The van der Waals surface area contributed by atoms with Gasteiger partial charge in [-0.3, -0.25) is 9.48 Å². The monoisotopic (exact) mass is 557 g/mol. The van der Waals surface area contributed by atoms with E-state index in [4.69, 9.17) is 15.2 Å². The highest BCUT2D eigenvalue weighted by molar-refractivity contribution is 5.98. The van der Waals surface area contributed by atoms with Crippen molar-refractivity contribution in [3.05, 3.63) is 125 Å². The molecule has 3 aromatic carbocycles. The van der Waals surface area contributed by atoms with E-state index < -0.39 is 11.9 Å². The van der Waals surface area contributed by atoms with E-state index >= 15 is 0 Å². The van der Waals surface area contributed by atoms with Crippen molar-refractivity contribution >= 4 is 27.8 Å². The lowest BCUT2D eigenvalue weighted by molar-refractivity contribution is 0.446. The third kappa shape index (κ3) is 4.29. The number of rotatable bonds is 6. The smallest absolute Gasteiger partial charge is 0.200 e. The molecule has 10 heteroatoms. The molecule has 7 rings (SSSR count). The zero-order chi connectivity index (χ0) is 28.8. The van der Waals surface area contributed by atoms with Crippen LogP contribution in [0.3, 0.4) is 0 Å². The van der Waals surface area contributed by atoms with Crippen LogP contribution in [-0.2, 0) is 6.54 Å². The van der Waals surface area contributed by atoms with Gasteiger partial charge in [0.15, 0.2) is 5.65 Å². The summed E-state index contributed by atoms with van der Waals surface area (Å²) in [6.45, 7) is 2.43. The van der Waals surface area contributed by atoms with Gasteiger partial charge in [-0.1, -0.05) is 54.6 Å². The maximum absolute atomic E-state index is 14.3. The molecule has 0 aliphatic carbocycles. The summed E-state index contributed by atoms with van der Waals surface area (Å²) in [4.78, 5) is 22.6. The first-order valence-corrected chi connectivity index (χ1v) is 13.3. The summed E-state index contributed by atoms with van der Waals surface area (Å²) in [5, 5.41) is 10.4. The van der Waals surface area contributed by atoms with Gasteiger partial charge in [0.1, 0.15) is 41.0 Å². The van der Waals surface area contributed by atoms with Crippen LogP contribution in [0.4, 0.5) is 10.2 Å². The molecule has 7 aromatic rings. The van der Waals surface area contributed by atoms with Gasteiger partial charge in [-0.05, 0) is 42.3 Å². The molecular formula is C32H24FN7O2. The molecule has 0 spiro atoms. The second-order valence-electron chi connectivity index (χ2n) is 10.0. The van der Waals surface area contributed by atoms with Gasteiger partial charge in [0, 0.05) is 11.8 Å². The topological polar surface area (TPSA) is 118 Å². The molecular weight excluding hydrogens is 533 g/mol. The van der Waals surface area contributed by atoms with Crippen LogP contribution >= 0.6 is 0 Å². The zero-order valence-corrected chi connectivity index (χ0v) is 22.5. The van der Waals surface area contributed by atoms with E-state index in [2.05, 4.69) is 15.1 Å². The first-order chi connectivity index (χ1) is 20.5. The number of benzene rings is 3. The van der Waals surface area contributed by atoms with E-state index in [9.17, 15) is 9.18 Å². The first-order valence-electron chi connectivity index (χ1n) is 13.3. The Morgan fingerprint density at radius 1 is 0.976 bits per heavy atom. The Bertz CT molecular complexity index is 2150. The Morgan fingerprint density at radius 2 is 1.79 bits per heavy atom. The molecule has 9 nitrogen and oxygen atoms in total. The minimum Gasteiger partial charge on any atom is -0.458 e. The van der Waals surface area contributed by atoms with Crippen molar-refractivity contribution in [2.24, 2.45) is 0 Å². The number of hydrogen-bond acceptors (Lipinski definition) is 7. The first kappa shape index (κ1) is 25.3. The third-order valence-electron chi connectivity index (χ3n) is 7.30. The molecule has 1 unspecified atom stereocenters. The van der Waals surface area contributed by atoms with Gasteiger partial charge in [-0.25, -0.2) is 19.0 Å². The van der Waals surface area contributed by atoms with Crippen molar-refractivity contribution in [2.75, 3.05) is 5.73 Å². The highest BCUT2D eigenvalue weighted by atomic mass is 19.1. The average molecular weight is 558 g/mol. The van der Waals surface area contributed by atoms with Crippen LogP contribution in [-0.4, -0.2) is 29.5 Å². The fourth-order valence-corrected chi connectivity index (χ4v) is 5.29. The lowest BCUT2D eigenvalue weighted by Crippen LogP contribution is -2.16. The number of halogens is 1. The molecule has 0 aliphatic heterocycles. The van der Waals surface area contributed by atoms with E-state index in [1.54, 1.807) is 47.3 Å². The number of para-hydroxylation sites is 1. The molecule has 4 heterocycles. The zero-order valence-electron chi connectivity index (χ0n) is 22.5. The largest absolute Gasteiger partial charge is 0.458 e. The van der Waals surface area contributed by atoms with Gasteiger partial charge in [0.2, 0.25) is 5.43 Å². The number of nitrogen functional groups attached to an aromatic ring is 1. The van der Waals surface area contributed by atoms with Crippen molar-refractivity contribution in [2.45, 2.75) is 19.5 Å². The third-order valence-corrected chi connectivity index (χ3v) is 7.30. The van der Waals surface area contributed by atoms with Gasteiger partial charge in [-0.2, -0.15) is 10.2 Å². The summed E-state index contributed by atoms with van der Waals surface area (Å²) in [5.41, 5.74) is 10.0. The molecule has 2 N–H and O–H groups in total. The predicted octanol–water partition coefficient (Wildman–Crippen LogP) is 5.84. The van der Waals surface area contributed by atoms with Crippen molar-refractivity contribution in [3.63, 3.8) is 0 Å². The summed E-state index contributed by atoms with van der Waals surface area (Å²) in [6.07, 6.45) is 4.99. The number of hydrogen-bond donors (Lipinski definition) is 1. The van der Waals surface area contributed by atoms with Crippen molar-refractivity contribution in [1.82, 2.24) is 29.5 Å². The van der Waals surface area contributed by atoms with E-state index in [-0.39, 0.29) is 16.8 Å². The van der Waals surface area contributed by atoms with Crippen LogP contribution in [0.1, 0.15) is 24.3 Å². The fourth-order valence-electron chi connectivity index (χ4n) is 5.29. The molecule has 0 saturated heterocycles. The molecule has 0 fully saturated rings. The summed E-state index contributed by atoms with van der Waals surface area (Å²) in [5.74, 6) is 0.116. The van der Waals surface area contributed by atoms with Gasteiger partial charge in [0.25, 0.3) is 0 Å². The Hall–Kier alpha value is -5.64. The molecule has 1 atom stereocenters. The van der Waals surface area contributed by atoms with E-state index in [0.29, 0.717) is 45.6 Å². The van der Waals surface area contributed by atoms with E-state index in [1.165, 1.54) is 18.5 Å². The molecule has 0 radical (unpaired) electrons. The van der Waals surface area contributed by atoms with Gasteiger partial charge in [-0.15, -0.1) is 0 Å². The number of anilines is 1. The number of fused-ring (bicyclic) bond motifs is 2. The highest BCUT2D eigenvalue weighted by Crippen LogP contribution is 2.36. The van der Waals surface area contributed by atoms with Gasteiger partial charge < -0.3 is 10.2 Å². The van der Waals surface area contributed by atoms with Crippen molar-refractivity contribution in [3.8, 4) is 22.4 Å². The van der Waals surface area contributed by atoms with Gasteiger partial charge in [0.05, 0.1) is 29.1 Å². The second kappa shape index (κ2) is 10.1. The summed E-state index contributed by atoms with van der Waals surface area (Å²) in [7, 11) is 0. The van der Waals surface area contributed by atoms with E-state index in [0.717, 1.165) is 11.1 Å². The normalized spacial score (nSPS) is 12.2. The van der Waals surface area contributed by atoms with Crippen molar-refractivity contribution in [1.29, 1.82) is 0 Å². The quantitative estimate of drug-likeness (QED) is 0.273. The molecule has 4 aromatic heterocycles. The molecule has 206 valence electrons. The second-order valence-corrected chi connectivity index (χ2v) is 10.0. The maximum Gasteiger partial charge on any atom is 0.200 e. The van der Waals surface area contributed by atoms with Crippen LogP contribution in [0, 0.1) is 5.82 Å². The number of aromatic nitrogens is 6. The molecule has 42 heavy (non-hydrogen) atoms. The van der Waals surface area contributed by atoms with Crippen LogP contribution < -0.4 is 11.2 Å². The van der Waals surface area contributed by atoms with Crippen LogP contribution in [0.15, 0.2) is 107 Å². The van der Waals surface area contributed by atoms with Crippen LogP contribution in [0.25, 0.3) is 44.4 Å². The van der Waals surface area contributed by atoms with Gasteiger partial charge >= 0.3 is 0 Å². The summed E-state index contributed by atoms with van der Waals surface area (Å²) >= 11 is 0. The highest BCUT2D eigenvalue weighted by Gasteiger charge is 2.27.